The summed E-state index contributed by atoms with van der Waals surface area (Å²) in [7, 11) is -3.77. The summed E-state index contributed by atoms with van der Waals surface area (Å²) in [5.74, 6) is 2.27. The predicted octanol–water partition coefficient (Wildman–Crippen LogP) is 4.92. The number of sulfonamides is 1. The fourth-order valence-corrected chi connectivity index (χ4v) is 5.74. The minimum absolute atomic E-state index is 0.129. The summed E-state index contributed by atoms with van der Waals surface area (Å²) in [4.78, 5) is 0.129. The van der Waals surface area contributed by atoms with Crippen LogP contribution in [0.1, 0.15) is 16.1 Å². The van der Waals surface area contributed by atoms with Gasteiger partial charge in [-0.2, -0.15) is 11.8 Å². The summed E-state index contributed by atoms with van der Waals surface area (Å²) in [6.45, 7) is 4.28. The average Bonchev–Trinajstić information content (AvgIpc) is 3.11. The number of aromatic nitrogens is 2. The van der Waals surface area contributed by atoms with Gasteiger partial charge in [-0.05, 0) is 43.7 Å². The second kappa shape index (κ2) is 9.80. The lowest BCUT2D eigenvalue weighted by Gasteiger charge is -2.08. The van der Waals surface area contributed by atoms with Crippen LogP contribution >= 0.6 is 34.7 Å². The Bertz CT molecular complexity index is 1070. The van der Waals surface area contributed by atoms with Gasteiger partial charge in [-0.3, -0.25) is 4.72 Å². The fourth-order valence-electron chi connectivity index (χ4n) is 2.41. The molecule has 0 aliphatic rings. The first-order valence-electron chi connectivity index (χ1n) is 8.73. The third-order valence-electron chi connectivity index (χ3n) is 3.94. The first-order chi connectivity index (χ1) is 13.8. The number of thioether (sulfide) groups is 1. The van der Waals surface area contributed by atoms with Gasteiger partial charge in [-0.15, -0.1) is 10.2 Å². The van der Waals surface area contributed by atoms with Crippen LogP contribution in [0.3, 0.4) is 0 Å². The number of halogens is 1. The zero-order valence-electron chi connectivity index (χ0n) is 15.9. The van der Waals surface area contributed by atoms with E-state index in [9.17, 15) is 8.42 Å². The van der Waals surface area contributed by atoms with Crippen LogP contribution in [-0.2, 0) is 15.8 Å². The molecule has 0 amide bonds. The molecule has 0 fully saturated rings. The van der Waals surface area contributed by atoms with Gasteiger partial charge in [0.2, 0.25) is 5.13 Å². The van der Waals surface area contributed by atoms with Crippen LogP contribution < -0.4 is 9.46 Å². The lowest BCUT2D eigenvalue weighted by Crippen LogP contribution is -2.14. The molecule has 3 rings (SSSR count). The Morgan fingerprint density at radius 1 is 1.14 bits per heavy atom. The van der Waals surface area contributed by atoms with Crippen molar-refractivity contribution < 1.29 is 13.2 Å². The van der Waals surface area contributed by atoms with E-state index in [0.29, 0.717) is 22.9 Å². The van der Waals surface area contributed by atoms with Gasteiger partial charge in [-0.1, -0.05) is 46.7 Å². The zero-order chi connectivity index (χ0) is 20.9. The lowest BCUT2D eigenvalue weighted by molar-refractivity contribution is 0.344. The fraction of sp³-hybridized carbons (Fsp3) is 0.263. The highest BCUT2D eigenvalue weighted by atomic mass is 35.5. The van der Waals surface area contributed by atoms with E-state index >= 15 is 0 Å². The van der Waals surface area contributed by atoms with E-state index in [1.807, 2.05) is 31.2 Å². The van der Waals surface area contributed by atoms with Crippen molar-refractivity contribution in [3.63, 3.8) is 0 Å². The zero-order valence-corrected chi connectivity index (χ0v) is 19.1. The van der Waals surface area contributed by atoms with Crippen molar-refractivity contribution in [3.05, 3.63) is 63.6 Å². The molecule has 0 saturated heterocycles. The van der Waals surface area contributed by atoms with Crippen molar-refractivity contribution in [2.75, 3.05) is 17.1 Å². The van der Waals surface area contributed by atoms with Crippen molar-refractivity contribution in [3.8, 4) is 5.75 Å². The second-order valence-corrected chi connectivity index (χ2v) is 10.4. The first kappa shape index (κ1) is 21.9. The molecular weight excluding hydrogens is 450 g/mol. The van der Waals surface area contributed by atoms with Crippen molar-refractivity contribution in [1.82, 2.24) is 10.2 Å². The summed E-state index contributed by atoms with van der Waals surface area (Å²) in [5, 5.41) is 9.36. The summed E-state index contributed by atoms with van der Waals surface area (Å²) < 4.78 is 33.3. The maximum atomic E-state index is 12.6. The van der Waals surface area contributed by atoms with E-state index in [-0.39, 0.29) is 10.0 Å². The van der Waals surface area contributed by atoms with E-state index < -0.39 is 10.0 Å². The van der Waals surface area contributed by atoms with Gasteiger partial charge < -0.3 is 4.74 Å². The van der Waals surface area contributed by atoms with Crippen LogP contribution in [0.5, 0.6) is 5.75 Å². The second-order valence-electron chi connectivity index (χ2n) is 6.18. The molecule has 0 aliphatic carbocycles. The number of rotatable bonds is 9. The number of anilines is 1. The smallest absolute Gasteiger partial charge is 0.264 e. The van der Waals surface area contributed by atoms with Crippen LogP contribution in [0.2, 0.25) is 5.02 Å². The van der Waals surface area contributed by atoms with Gasteiger partial charge in [0.25, 0.3) is 10.0 Å². The number of nitrogens with zero attached hydrogens (tertiary/aromatic N) is 2. The van der Waals surface area contributed by atoms with Gasteiger partial charge >= 0.3 is 0 Å². The van der Waals surface area contributed by atoms with E-state index in [1.54, 1.807) is 30.8 Å². The predicted molar refractivity (Wildman–Crippen MR) is 120 cm³/mol. The third kappa shape index (κ3) is 6.08. The molecular formula is C19H20ClN3O3S3. The molecule has 1 N–H and O–H groups in total. The van der Waals surface area contributed by atoms with E-state index in [2.05, 4.69) is 14.9 Å². The molecule has 0 spiro atoms. The molecule has 0 bridgehead atoms. The van der Waals surface area contributed by atoms with Crippen LogP contribution in [0.4, 0.5) is 5.13 Å². The van der Waals surface area contributed by atoms with E-state index in [4.69, 9.17) is 16.3 Å². The van der Waals surface area contributed by atoms with Gasteiger partial charge in [0.15, 0.2) is 0 Å². The van der Waals surface area contributed by atoms with Gasteiger partial charge in [0.05, 0.1) is 11.5 Å². The van der Waals surface area contributed by atoms with Crippen molar-refractivity contribution in [2.45, 2.75) is 24.5 Å². The highest BCUT2D eigenvalue weighted by Gasteiger charge is 2.20. The molecule has 0 radical (unpaired) electrons. The van der Waals surface area contributed by atoms with Crippen LogP contribution in [0.15, 0.2) is 47.4 Å². The Balaban J connectivity index is 1.49. The first-order valence-corrected chi connectivity index (χ1v) is 12.6. The van der Waals surface area contributed by atoms with Gasteiger partial charge in [0.1, 0.15) is 10.8 Å². The topological polar surface area (TPSA) is 81.2 Å². The van der Waals surface area contributed by atoms with Crippen LogP contribution in [0, 0.1) is 13.8 Å². The molecule has 154 valence electrons. The van der Waals surface area contributed by atoms with Crippen LogP contribution in [-0.4, -0.2) is 31.0 Å². The van der Waals surface area contributed by atoms with Crippen molar-refractivity contribution >= 4 is 49.9 Å². The average molecular weight is 470 g/mol. The Labute approximate surface area is 183 Å². The number of aryl methyl sites for hydroxylation is 1. The summed E-state index contributed by atoms with van der Waals surface area (Å²) >= 11 is 8.89. The molecule has 6 nitrogen and oxygen atoms in total. The standard InChI is InChI=1S/C19H20ClN3O3S3/c1-13-6-8-15(9-7-13)26-10-11-27-12-18-21-22-19(28-18)23-29(24,25)17-5-3-4-16(20)14(17)2/h3-9H,10-12H2,1-2H3,(H,22,23). The quantitative estimate of drug-likeness (QED) is 0.448. The number of hydrogen-bond donors (Lipinski definition) is 1. The number of nitrogens with one attached hydrogen (secondary N) is 1. The summed E-state index contributed by atoms with van der Waals surface area (Å²) in [5.41, 5.74) is 1.69. The largest absolute Gasteiger partial charge is 0.493 e. The monoisotopic (exact) mass is 469 g/mol. The number of ether oxygens (including phenoxy) is 1. The van der Waals surface area contributed by atoms with Gasteiger partial charge in [-0.25, -0.2) is 8.42 Å². The van der Waals surface area contributed by atoms with Crippen molar-refractivity contribution in [1.29, 1.82) is 0 Å². The maximum absolute atomic E-state index is 12.6. The molecule has 0 unspecified atom stereocenters. The molecule has 29 heavy (non-hydrogen) atoms. The Morgan fingerprint density at radius 3 is 2.66 bits per heavy atom. The Hall–Kier alpha value is -1.81. The highest BCUT2D eigenvalue weighted by molar-refractivity contribution is 7.98. The summed E-state index contributed by atoms with van der Waals surface area (Å²) in [6, 6.07) is 12.7. The minimum Gasteiger partial charge on any atom is -0.493 e. The molecule has 0 saturated carbocycles. The minimum atomic E-state index is -3.77. The highest BCUT2D eigenvalue weighted by Crippen LogP contribution is 2.27. The van der Waals surface area contributed by atoms with Crippen molar-refractivity contribution in [2.24, 2.45) is 0 Å². The van der Waals surface area contributed by atoms with E-state index in [0.717, 1.165) is 16.5 Å². The summed E-state index contributed by atoms with van der Waals surface area (Å²) in [6.07, 6.45) is 0. The maximum Gasteiger partial charge on any atom is 0.264 e. The van der Waals surface area contributed by atoms with Crippen LogP contribution in [0.25, 0.3) is 0 Å². The Morgan fingerprint density at radius 2 is 1.90 bits per heavy atom. The normalized spacial score (nSPS) is 11.4. The molecule has 10 heteroatoms. The van der Waals surface area contributed by atoms with Gasteiger partial charge in [0, 0.05) is 16.5 Å². The molecule has 0 atom stereocenters. The third-order valence-corrected chi connectivity index (χ3v) is 7.92. The molecule has 2 aromatic carbocycles. The number of benzene rings is 2. The Kier molecular flexibility index (Phi) is 7.39. The molecule has 1 heterocycles. The molecule has 1 aromatic heterocycles. The van der Waals surface area contributed by atoms with E-state index in [1.165, 1.54) is 23.0 Å². The SMILES string of the molecule is Cc1ccc(OCCSCc2nnc(NS(=O)(=O)c3cccc(Cl)c3C)s2)cc1. The number of hydrogen-bond acceptors (Lipinski definition) is 7. The molecule has 0 aliphatic heterocycles. The lowest BCUT2D eigenvalue weighted by atomic mass is 10.2. The molecule has 3 aromatic rings.